The molecule has 2 heteroatoms. The summed E-state index contributed by atoms with van der Waals surface area (Å²) in [7, 11) is 0. The Morgan fingerprint density at radius 2 is 2.10 bits per heavy atom. The minimum Gasteiger partial charge on any atom is -0.299 e. The predicted molar refractivity (Wildman–Crippen MR) is 49.9 cm³/mol. The van der Waals surface area contributed by atoms with Crippen LogP contribution in [0.2, 0.25) is 0 Å². The Bertz CT molecular complexity index is 99.4. The highest BCUT2D eigenvalue weighted by Crippen LogP contribution is 2.09. The summed E-state index contributed by atoms with van der Waals surface area (Å²) in [6.07, 6.45) is 2.54. The number of hydrogen-bond acceptors (Lipinski definition) is 2. The van der Waals surface area contributed by atoms with Crippen molar-refractivity contribution < 1.29 is 0 Å². The Hall–Kier alpha value is 0.0200. The van der Waals surface area contributed by atoms with Crippen LogP contribution in [0.4, 0.5) is 0 Å². The van der Waals surface area contributed by atoms with E-state index in [0.29, 0.717) is 0 Å². The molecule has 0 fully saturated rings. The van der Waals surface area contributed by atoms with Crippen molar-refractivity contribution in [2.45, 2.75) is 33.6 Å². The lowest BCUT2D eigenvalue weighted by atomic mass is 10.1. The molecule has 0 amide bonds. The molecule has 0 saturated carbocycles. The van der Waals surface area contributed by atoms with Gasteiger partial charge in [0.05, 0.1) is 5.04 Å². The lowest BCUT2D eigenvalue weighted by Gasteiger charge is -2.02. The zero-order valence-electron chi connectivity index (χ0n) is 7.11. The maximum absolute atomic E-state index is 7.14. The Balaban J connectivity index is 2.98. The Labute approximate surface area is 68.1 Å². The molecule has 0 spiro atoms. The summed E-state index contributed by atoms with van der Waals surface area (Å²) in [6, 6.07) is 0. The summed E-state index contributed by atoms with van der Waals surface area (Å²) in [5, 5.41) is 7.88. The maximum atomic E-state index is 7.14. The zero-order chi connectivity index (χ0) is 7.98. The van der Waals surface area contributed by atoms with E-state index in [1.165, 1.54) is 12.8 Å². The van der Waals surface area contributed by atoms with Crippen LogP contribution in [0.3, 0.4) is 0 Å². The first-order chi connectivity index (χ1) is 4.63. The van der Waals surface area contributed by atoms with E-state index in [2.05, 4.69) is 13.8 Å². The fraction of sp³-hybridized carbons (Fsp3) is 0.875. The molecular formula is C8H17NS. The average molecular weight is 159 g/mol. The van der Waals surface area contributed by atoms with Gasteiger partial charge >= 0.3 is 0 Å². The lowest BCUT2D eigenvalue weighted by Crippen LogP contribution is -1.90. The molecule has 0 heterocycles. The highest BCUT2D eigenvalue weighted by molar-refractivity contribution is 8.13. The Morgan fingerprint density at radius 1 is 1.50 bits per heavy atom. The highest BCUT2D eigenvalue weighted by Gasteiger charge is 1.94. The summed E-state index contributed by atoms with van der Waals surface area (Å²) in [4.78, 5) is 0. The molecule has 0 atom stereocenters. The van der Waals surface area contributed by atoms with E-state index in [1.807, 2.05) is 6.92 Å². The van der Waals surface area contributed by atoms with Crippen LogP contribution in [0.25, 0.3) is 0 Å². The molecule has 0 aromatic heterocycles. The van der Waals surface area contributed by atoms with Crippen LogP contribution < -0.4 is 0 Å². The van der Waals surface area contributed by atoms with Gasteiger partial charge < -0.3 is 0 Å². The van der Waals surface area contributed by atoms with Gasteiger partial charge in [-0.15, -0.1) is 11.8 Å². The molecule has 0 aliphatic rings. The van der Waals surface area contributed by atoms with E-state index in [4.69, 9.17) is 5.41 Å². The van der Waals surface area contributed by atoms with Crippen LogP contribution in [0.1, 0.15) is 33.6 Å². The second kappa shape index (κ2) is 5.78. The SMILES string of the molecule is CC(=N)SCCCC(C)C. The molecule has 0 bridgehead atoms. The second-order valence-electron chi connectivity index (χ2n) is 2.94. The third-order valence-electron chi connectivity index (χ3n) is 1.24. The van der Waals surface area contributed by atoms with E-state index in [1.54, 1.807) is 11.8 Å². The van der Waals surface area contributed by atoms with Crippen molar-refractivity contribution in [2.24, 2.45) is 5.92 Å². The second-order valence-corrected chi connectivity index (χ2v) is 4.25. The van der Waals surface area contributed by atoms with E-state index in [9.17, 15) is 0 Å². The average Bonchev–Trinajstić information content (AvgIpc) is 1.79. The van der Waals surface area contributed by atoms with Gasteiger partial charge in [0.15, 0.2) is 0 Å². The maximum Gasteiger partial charge on any atom is 0.0610 e. The Morgan fingerprint density at radius 3 is 2.50 bits per heavy atom. The molecule has 0 rings (SSSR count). The first-order valence-electron chi connectivity index (χ1n) is 3.81. The van der Waals surface area contributed by atoms with E-state index in [0.717, 1.165) is 16.7 Å². The molecule has 10 heavy (non-hydrogen) atoms. The minimum atomic E-state index is 0.740. The summed E-state index contributed by atoms with van der Waals surface area (Å²) < 4.78 is 0. The highest BCUT2D eigenvalue weighted by atomic mass is 32.2. The first kappa shape index (κ1) is 10.0. The fourth-order valence-corrected chi connectivity index (χ4v) is 1.33. The third-order valence-corrected chi connectivity index (χ3v) is 2.17. The van der Waals surface area contributed by atoms with Gasteiger partial charge in [0.2, 0.25) is 0 Å². The van der Waals surface area contributed by atoms with Crippen LogP contribution in [-0.4, -0.2) is 10.8 Å². The Kier molecular flexibility index (Phi) is 5.79. The van der Waals surface area contributed by atoms with Gasteiger partial charge in [0.1, 0.15) is 0 Å². The topological polar surface area (TPSA) is 23.9 Å². The molecule has 0 aliphatic carbocycles. The van der Waals surface area contributed by atoms with Crippen LogP contribution >= 0.6 is 11.8 Å². The third kappa shape index (κ3) is 8.02. The molecule has 0 unspecified atom stereocenters. The smallest absolute Gasteiger partial charge is 0.0610 e. The molecule has 0 aliphatic heterocycles. The fourth-order valence-electron chi connectivity index (χ4n) is 0.717. The first-order valence-corrected chi connectivity index (χ1v) is 4.79. The summed E-state index contributed by atoms with van der Waals surface area (Å²) in [5.74, 6) is 1.93. The van der Waals surface area contributed by atoms with Crippen molar-refractivity contribution in [2.75, 3.05) is 5.75 Å². The number of thioether (sulfide) groups is 1. The van der Waals surface area contributed by atoms with Gasteiger partial charge in [0, 0.05) is 0 Å². The van der Waals surface area contributed by atoms with Crippen molar-refractivity contribution in [3.63, 3.8) is 0 Å². The van der Waals surface area contributed by atoms with Gasteiger partial charge in [-0.25, -0.2) is 0 Å². The van der Waals surface area contributed by atoms with Crippen LogP contribution in [0.5, 0.6) is 0 Å². The molecule has 60 valence electrons. The quantitative estimate of drug-likeness (QED) is 0.380. The van der Waals surface area contributed by atoms with Gasteiger partial charge in [-0.05, 0) is 25.0 Å². The summed E-state index contributed by atoms with van der Waals surface area (Å²) >= 11 is 1.66. The molecular weight excluding hydrogens is 142 g/mol. The predicted octanol–water partition coefficient (Wildman–Crippen LogP) is 3.15. The van der Waals surface area contributed by atoms with Crippen LogP contribution in [0.15, 0.2) is 0 Å². The molecule has 0 aromatic carbocycles. The molecule has 0 aromatic rings. The number of nitrogens with one attached hydrogen (secondary N) is 1. The van der Waals surface area contributed by atoms with Crippen molar-refractivity contribution >= 4 is 16.8 Å². The van der Waals surface area contributed by atoms with Crippen molar-refractivity contribution in [3.05, 3.63) is 0 Å². The minimum absolute atomic E-state index is 0.740. The lowest BCUT2D eigenvalue weighted by molar-refractivity contribution is 0.579. The van der Waals surface area contributed by atoms with Crippen LogP contribution in [0, 0.1) is 11.3 Å². The monoisotopic (exact) mass is 159 g/mol. The molecule has 1 nitrogen and oxygen atoms in total. The van der Waals surface area contributed by atoms with E-state index in [-0.39, 0.29) is 0 Å². The van der Waals surface area contributed by atoms with Gasteiger partial charge in [-0.3, -0.25) is 5.41 Å². The van der Waals surface area contributed by atoms with Crippen molar-refractivity contribution in [1.29, 1.82) is 5.41 Å². The summed E-state index contributed by atoms with van der Waals surface area (Å²) in [6.45, 7) is 6.32. The molecule has 0 saturated heterocycles. The van der Waals surface area contributed by atoms with E-state index < -0.39 is 0 Å². The zero-order valence-corrected chi connectivity index (χ0v) is 7.92. The van der Waals surface area contributed by atoms with Gasteiger partial charge in [-0.2, -0.15) is 0 Å². The molecule has 0 radical (unpaired) electrons. The number of hydrogen-bond donors (Lipinski definition) is 1. The largest absolute Gasteiger partial charge is 0.299 e. The van der Waals surface area contributed by atoms with Crippen molar-refractivity contribution in [1.82, 2.24) is 0 Å². The summed E-state index contributed by atoms with van der Waals surface area (Å²) in [5.41, 5.74) is 0. The van der Waals surface area contributed by atoms with Gasteiger partial charge in [0.25, 0.3) is 0 Å². The standard InChI is InChI=1S/C8H17NS/c1-7(2)5-4-6-10-8(3)9/h7,9H,4-6H2,1-3H3. The normalized spacial score (nSPS) is 10.4. The molecule has 1 N–H and O–H groups in total. The van der Waals surface area contributed by atoms with E-state index >= 15 is 0 Å². The van der Waals surface area contributed by atoms with Gasteiger partial charge in [-0.1, -0.05) is 20.3 Å². The van der Waals surface area contributed by atoms with Crippen molar-refractivity contribution in [3.8, 4) is 0 Å². The van der Waals surface area contributed by atoms with Crippen LogP contribution in [-0.2, 0) is 0 Å². The number of rotatable bonds is 4.